The van der Waals surface area contributed by atoms with Crippen LogP contribution in [0.2, 0.25) is 0 Å². The van der Waals surface area contributed by atoms with E-state index >= 15 is 4.39 Å². The fourth-order valence-electron chi connectivity index (χ4n) is 7.43. The molecule has 6 heterocycles. The fraction of sp³-hybridized carbons (Fsp3) is 0.457. The van der Waals surface area contributed by atoms with Gasteiger partial charge in [-0.3, -0.25) is 14.3 Å². The summed E-state index contributed by atoms with van der Waals surface area (Å²) in [7, 11) is 1.47. The number of methoxy groups -OCH3 is 1. The average Bonchev–Trinajstić information content (AvgIpc) is 3.93. The number of carbonyl (C=O) groups excluding carboxylic acids is 2. The zero-order chi connectivity index (χ0) is 34.1. The molecule has 2 saturated heterocycles. The van der Waals surface area contributed by atoms with Gasteiger partial charge in [-0.15, -0.1) is 5.10 Å². The van der Waals surface area contributed by atoms with Gasteiger partial charge in [-0.2, -0.15) is 0 Å². The van der Waals surface area contributed by atoms with E-state index in [0.717, 1.165) is 36.8 Å². The highest BCUT2D eigenvalue weighted by atomic mass is 19.1. The number of hydrogen-bond donors (Lipinski definition) is 2. The maximum Gasteiger partial charge on any atom is 0.270 e. The molecular formula is C35H41F2N9O3. The predicted molar refractivity (Wildman–Crippen MR) is 180 cm³/mol. The number of nitrogens with one attached hydrogen (secondary N) is 2. The zero-order valence-corrected chi connectivity index (χ0v) is 27.8. The van der Waals surface area contributed by atoms with E-state index in [1.165, 1.54) is 13.2 Å². The molecule has 14 heteroatoms. The molecule has 0 radical (unpaired) electrons. The minimum atomic E-state index is -0.480. The number of ether oxygens (including phenoxy) is 1. The van der Waals surface area contributed by atoms with Gasteiger partial charge in [0.2, 0.25) is 5.91 Å². The molecule has 0 spiro atoms. The number of aromatic nitrogens is 5. The van der Waals surface area contributed by atoms with E-state index in [1.54, 1.807) is 32.9 Å². The second-order valence-corrected chi connectivity index (χ2v) is 12.9. The van der Waals surface area contributed by atoms with Crippen LogP contribution in [0.15, 0.2) is 42.9 Å². The number of amides is 2. The first-order valence-corrected chi connectivity index (χ1v) is 17.0. The maximum absolute atomic E-state index is 16.6. The normalized spacial score (nSPS) is 19.8. The minimum absolute atomic E-state index is 0.0182. The zero-order valence-electron chi connectivity index (χ0n) is 27.8. The number of carbonyl (C=O) groups is 2. The molecule has 49 heavy (non-hydrogen) atoms. The predicted octanol–water partition coefficient (Wildman–Crippen LogP) is 3.82. The van der Waals surface area contributed by atoms with Crippen molar-refractivity contribution in [3.8, 4) is 5.75 Å². The van der Waals surface area contributed by atoms with E-state index in [-0.39, 0.29) is 24.2 Å². The van der Waals surface area contributed by atoms with Gasteiger partial charge in [0.15, 0.2) is 17.4 Å². The molecule has 2 amide bonds. The first kappa shape index (κ1) is 32.7. The number of nitrogens with zero attached hydrogens (tertiary/aromatic N) is 7. The summed E-state index contributed by atoms with van der Waals surface area (Å²) in [6.07, 6.45) is 8.36. The Morgan fingerprint density at radius 1 is 1.06 bits per heavy atom. The monoisotopic (exact) mass is 673 g/mol. The summed E-state index contributed by atoms with van der Waals surface area (Å²) < 4.78 is 37.3. The van der Waals surface area contributed by atoms with Gasteiger partial charge in [-0.25, -0.2) is 13.8 Å². The Morgan fingerprint density at radius 3 is 2.65 bits per heavy atom. The van der Waals surface area contributed by atoms with Gasteiger partial charge in [0, 0.05) is 81.4 Å². The first-order valence-electron chi connectivity index (χ1n) is 17.0. The summed E-state index contributed by atoms with van der Waals surface area (Å²) in [5.41, 5.74) is 2.89. The van der Waals surface area contributed by atoms with Crippen molar-refractivity contribution in [3.05, 3.63) is 71.3 Å². The lowest BCUT2D eigenvalue weighted by Crippen LogP contribution is -2.49. The molecular weight excluding hydrogens is 632 g/mol. The fourth-order valence-corrected chi connectivity index (χ4v) is 7.43. The Bertz CT molecular complexity index is 1870. The lowest BCUT2D eigenvalue weighted by Gasteiger charge is -2.35. The van der Waals surface area contributed by atoms with Crippen molar-refractivity contribution in [3.63, 3.8) is 0 Å². The van der Waals surface area contributed by atoms with Crippen LogP contribution in [0.25, 0.3) is 16.5 Å². The summed E-state index contributed by atoms with van der Waals surface area (Å²) in [6, 6.07) is 5.06. The van der Waals surface area contributed by atoms with E-state index < -0.39 is 11.6 Å². The second kappa shape index (κ2) is 13.9. The number of fused-ring (bicyclic) bond motifs is 1. The highest BCUT2D eigenvalue weighted by molar-refractivity contribution is 6.00. The second-order valence-electron chi connectivity index (χ2n) is 12.9. The number of rotatable bonds is 9. The van der Waals surface area contributed by atoms with Crippen molar-refractivity contribution >= 4 is 34.1 Å². The van der Waals surface area contributed by atoms with Crippen LogP contribution >= 0.6 is 0 Å². The van der Waals surface area contributed by atoms with E-state index in [2.05, 4.69) is 32.5 Å². The number of piperazine rings is 1. The van der Waals surface area contributed by atoms with Crippen LogP contribution < -0.4 is 15.0 Å². The third-order valence-corrected chi connectivity index (χ3v) is 10.1. The van der Waals surface area contributed by atoms with Gasteiger partial charge in [0.1, 0.15) is 11.5 Å². The number of aryl methyl sites for hydroxylation is 1. The van der Waals surface area contributed by atoms with Crippen LogP contribution in [0.5, 0.6) is 5.75 Å². The summed E-state index contributed by atoms with van der Waals surface area (Å²) in [5, 5.41) is 12.0. The van der Waals surface area contributed by atoms with Gasteiger partial charge in [-0.05, 0) is 42.2 Å². The van der Waals surface area contributed by atoms with Gasteiger partial charge < -0.3 is 29.7 Å². The van der Waals surface area contributed by atoms with Crippen molar-refractivity contribution in [2.24, 2.45) is 5.92 Å². The number of pyridine rings is 1. The maximum atomic E-state index is 16.6. The Kier molecular flexibility index (Phi) is 9.30. The minimum Gasteiger partial charge on any atom is -0.493 e. The molecule has 3 aromatic heterocycles. The number of benzene rings is 1. The quantitative estimate of drug-likeness (QED) is 0.275. The molecule has 3 aliphatic heterocycles. The van der Waals surface area contributed by atoms with Crippen molar-refractivity contribution in [2.45, 2.75) is 38.6 Å². The van der Waals surface area contributed by atoms with Crippen molar-refractivity contribution in [2.75, 3.05) is 64.4 Å². The number of anilines is 1. The SMILES string of the molecule is CCC1CNCC1c1cc(C2=CCCN(C(=O)CCn3ccnn3)C2)c(F)c2[nH]c(C(=O)N3CCN(c4ncc(F)cc4OC)CC3)cc12. The molecule has 7 rings (SSSR count). The number of H-pyrrole nitrogens is 1. The molecule has 0 bridgehead atoms. The number of halogens is 2. The van der Waals surface area contributed by atoms with E-state index in [9.17, 15) is 14.0 Å². The van der Waals surface area contributed by atoms with Crippen LogP contribution in [-0.4, -0.2) is 106 Å². The van der Waals surface area contributed by atoms with Gasteiger partial charge >= 0.3 is 0 Å². The standard InChI is InChI=1S/C35H41F2N9O3/c1-3-22-18-38-20-28(22)26-16-25(23-5-4-8-45(21-23)31(47)6-9-46-10-7-40-42-46)32(37)33-27(26)17-29(41-33)35(48)44-13-11-43(12-14-44)34-30(49-2)15-24(36)19-39-34/h5,7,10,15-17,19,22,28,38,41H,3-4,6,8-9,11-14,18,20-21H2,1-2H3. The highest BCUT2D eigenvalue weighted by Gasteiger charge is 2.33. The Morgan fingerprint density at radius 2 is 1.90 bits per heavy atom. The number of hydrogen-bond acceptors (Lipinski definition) is 8. The Hall–Kier alpha value is -4.85. The molecule has 12 nitrogen and oxygen atoms in total. The molecule has 2 N–H and O–H groups in total. The Balaban J connectivity index is 1.15. The van der Waals surface area contributed by atoms with Crippen molar-refractivity contribution in [1.82, 2.24) is 40.1 Å². The van der Waals surface area contributed by atoms with Crippen LogP contribution in [-0.2, 0) is 11.3 Å². The Labute approximate surface area is 283 Å². The van der Waals surface area contributed by atoms with Crippen molar-refractivity contribution in [1.29, 1.82) is 0 Å². The van der Waals surface area contributed by atoms with Gasteiger partial charge in [0.25, 0.3) is 5.91 Å². The third kappa shape index (κ3) is 6.48. The average molecular weight is 674 g/mol. The summed E-state index contributed by atoms with van der Waals surface area (Å²) in [4.78, 5) is 39.9. The van der Waals surface area contributed by atoms with E-state index in [1.807, 2.05) is 17.0 Å². The number of aromatic amines is 1. The third-order valence-electron chi connectivity index (χ3n) is 10.1. The molecule has 3 aliphatic rings. The smallest absolute Gasteiger partial charge is 0.270 e. The van der Waals surface area contributed by atoms with Crippen LogP contribution in [0.4, 0.5) is 14.6 Å². The first-order chi connectivity index (χ1) is 23.8. The molecule has 0 aliphatic carbocycles. The largest absolute Gasteiger partial charge is 0.493 e. The summed E-state index contributed by atoms with van der Waals surface area (Å²) in [6.45, 7) is 6.91. The highest BCUT2D eigenvalue weighted by Crippen LogP contribution is 2.40. The van der Waals surface area contributed by atoms with Crippen LogP contribution in [0, 0.1) is 17.6 Å². The van der Waals surface area contributed by atoms with Gasteiger partial charge in [-0.1, -0.05) is 24.6 Å². The van der Waals surface area contributed by atoms with Crippen LogP contribution in [0.3, 0.4) is 0 Å². The molecule has 2 unspecified atom stereocenters. The lowest BCUT2D eigenvalue weighted by molar-refractivity contribution is -0.131. The van der Waals surface area contributed by atoms with E-state index in [4.69, 9.17) is 4.74 Å². The van der Waals surface area contributed by atoms with Crippen LogP contribution in [0.1, 0.15) is 53.7 Å². The molecule has 2 fully saturated rings. The van der Waals surface area contributed by atoms with E-state index in [0.29, 0.717) is 91.9 Å². The topological polar surface area (TPSA) is 125 Å². The lowest BCUT2D eigenvalue weighted by atomic mass is 9.83. The summed E-state index contributed by atoms with van der Waals surface area (Å²) >= 11 is 0. The molecule has 258 valence electrons. The van der Waals surface area contributed by atoms with Crippen molar-refractivity contribution < 1.29 is 23.1 Å². The molecule has 1 aromatic carbocycles. The summed E-state index contributed by atoms with van der Waals surface area (Å²) in [5.74, 6) is 0.269. The molecule has 2 atom stereocenters. The molecule has 0 saturated carbocycles. The molecule has 4 aromatic rings. The van der Waals surface area contributed by atoms with Gasteiger partial charge in [0.05, 0.1) is 31.6 Å².